The van der Waals surface area contributed by atoms with Crippen LogP contribution in [0, 0.1) is 0 Å². The molecule has 0 radical (unpaired) electrons. The summed E-state index contributed by atoms with van der Waals surface area (Å²) in [7, 11) is 0. The second-order valence-corrected chi connectivity index (χ2v) is 8.32. The van der Waals surface area contributed by atoms with Crippen LogP contribution in [0.5, 0.6) is 0 Å². The van der Waals surface area contributed by atoms with Crippen molar-refractivity contribution in [3.63, 3.8) is 0 Å². The predicted octanol–water partition coefficient (Wildman–Crippen LogP) is 3.12. The van der Waals surface area contributed by atoms with Gasteiger partial charge in [-0.2, -0.15) is 15.1 Å². The highest BCUT2D eigenvalue weighted by Crippen LogP contribution is 2.32. The Hall–Kier alpha value is -2.01. The molecule has 31 heavy (non-hydrogen) atoms. The number of aliphatic hydroxyl groups is 3. The van der Waals surface area contributed by atoms with Crippen molar-refractivity contribution in [2.75, 3.05) is 11.9 Å². The maximum Gasteiger partial charge on any atom is 0.226 e. The Morgan fingerprint density at radius 2 is 1.90 bits per heavy atom. The van der Waals surface area contributed by atoms with Crippen LogP contribution in [0.2, 0.25) is 10.3 Å². The highest BCUT2D eigenvalue weighted by molar-refractivity contribution is 6.31. The lowest BCUT2D eigenvalue weighted by molar-refractivity contribution is -0.127. The molecular weight excluding hydrogens is 445 g/mol. The summed E-state index contributed by atoms with van der Waals surface area (Å²) >= 11 is 12.3. The van der Waals surface area contributed by atoms with E-state index in [1.807, 2.05) is 24.3 Å². The van der Waals surface area contributed by atoms with Gasteiger partial charge in [-0.15, -0.1) is 0 Å². The van der Waals surface area contributed by atoms with Gasteiger partial charge in [0.05, 0.1) is 24.3 Å². The van der Waals surface area contributed by atoms with E-state index in [1.165, 1.54) is 13.8 Å². The molecule has 3 heterocycles. The summed E-state index contributed by atoms with van der Waals surface area (Å²) in [6, 6.07) is 7.60. The number of halogens is 2. The smallest absolute Gasteiger partial charge is 0.226 e. The molecular formula is C20H25Cl2N5O4. The van der Waals surface area contributed by atoms with Crippen molar-refractivity contribution < 1.29 is 20.1 Å². The summed E-state index contributed by atoms with van der Waals surface area (Å²) in [5, 5.41) is 34.6. The summed E-state index contributed by atoms with van der Waals surface area (Å²) in [6.07, 6.45) is 2.78. The molecule has 0 aliphatic carbocycles. The lowest BCUT2D eigenvalue weighted by Crippen LogP contribution is -2.15. The first-order valence-corrected chi connectivity index (χ1v) is 10.5. The number of aliphatic hydroxyl groups excluding tert-OH is 1. The number of anilines is 1. The summed E-state index contributed by atoms with van der Waals surface area (Å²) < 4.78 is 7.49. The molecule has 4 N–H and O–H groups in total. The fraction of sp³-hybridized carbons (Fsp3) is 0.450. The highest BCUT2D eigenvalue weighted by Gasteiger charge is 2.28. The third-order valence-electron chi connectivity index (χ3n) is 4.39. The van der Waals surface area contributed by atoms with E-state index in [4.69, 9.17) is 38.2 Å². The number of nitrogens with zero attached hydrogens (tertiary/aromatic N) is 4. The van der Waals surface area contributed by atoms with Crippen LogP contribution in [0.4, 0.5) is 5.82 Å². The highest BCUT2D eigenvalue weighted by atomic mass is 35.5. The number of nitrogens with one attached hydrogen (secondary N) is 1. The normalized spacial score (nSPS) is 18.7. The number of rotatable bonds is 5. The van der Waals surface area contributed by atoms with Crippen molar-refractivity contribution in [3.05, 3.63) is 46.3 Å². The van der Waals surface area contributed by atoms with Crippen molar-refractivity contribution >= 4 is 40.1 Å². The van der Waals surface area contributed by atoms with E-state index in [-0.39, 0.29) is 24.2 Å². The molecule has 1 saturated heterocycles. The van der Waals surface area contributed by atoms with Gasteiger partial charge in [-0.3, -0.25) is 0 Å². The first-order chi connectivity index (χ1) is 14.7. The molecule has 0 spiro atoms. The van der Waals surface area contributed by atoms with Gasteiger partial charge in [0.1, 0.15) is 5.82 Å². The number of fused-ring (bicyclic) bond motifs is 1. The molecule has 3 aromatic rings. The summed E-state index contributed by atoms with van der Waals surface area (Å²) in [5.41, 5.74) is 1.55. The van der Waals surface area contributed by atoms with E-state index in [0.29, 0.717) is 23.0 Å². The van der Waals surface area contributed by atoms with Crippen LogP contribution in [-0.2, 0) is 11.3 Å². The first-order valence-electron chi connectivity index (χ1n) is 9.75. The van der Waals surface area contributed by atoms with Crippen molar-refractivity contribution in [2.24, 2.45) is 0 Å². The van der Waals surface area contributed by atoms with Gasteiger partial charge in [-0.1, -0.05) is 29.8 Å². The summed E-state index contributed by atoms with van der Waals surface area (Å²) in [5.74, 6) is -0.914. The number of aromatic nitrogens is 4. The molecule has 2 unspecified atom stereocenters. The topological polar surface area (TPSA) is 126 Å². The minimum absolute atomic E-state index is 0.00389. The van der Waals surface area contributed by atoms with Crippen molar-refractivity contribution in [2.45, 2.75) is 51.4 Å². The molecule has 0 bridgehead atoms. The maximum atomic E-state index is 9.26. The largest absolute Gasteiger partial charge is 0.394 e. The Bertz CT molecular complexity index is 1020. The zero-order chi connectivity index (χ0) is 22.6. The monoisotopic (exact) mass is 469 g/mol. The average Bonchev–Trinajstić information content (AvgIpc) is 3.32. The molecule has 1 aromatic carbocycles. The molecule has 168 valence electrons. The van der Waals surface area contributed by atoms with E-state index in [1.54, 1.807) is 10.9 Å². The zero-order valence-corrected chi connectivity index (χ0v) is 18.7. The minimum atomic E-state index is -1.50. The molecule has 0 saturated carbocycles. The van der Waals surface area contributed by atoms with Crippen molar-refractivity contribution in [1.29, 1.82) is 0 Å². The lowest BCUT2D eigenvalue weighted by atomic mass is 10.2. The van der Waals surface area contributed by atoms with Gasteiger partial charge in [0.25, 0.3) is 0 Å². The van der Waals surface area contributed by atoms with E-state index >= 15 is 0 Å². The number of ether oxygens (including phenoxy) is 1. The van der Waals surface area contributed by atoms with Gasteiger partial charge in [0.2, 0.25) is 5.28 Å². The third-order valence-corrected chi connectivity index (χ3v) is 4.93. The van der Waals surface area contributed by atoms with Crippen LogP contribution in [0.25, 0.3) is 11.0 Å². The predicted molar refractivity (Wildman–Crippen MR) is 118 cm³/mol. The van der Waals surface area contributed by atoms with Crippen LogP contribution < -0.4 is 5.32 Å². The fourth-order valence-corrected chi connectivity index (χ4v) is 3.43. The van der Waals surface area contributed by atoms with Crippen LogP contribution >= 0.6 is 23.2 Å². The molecule has 1 fully saturated rings. The Balaban J connectivity index is 0.000000491. The molecule has 1 aliphatic heterocycles. The molecule has 1 aliphatic rings. The van der Waals surface area contributed by atoms with Crippen molar-refractivity contribution in [1.82, 2.24) is 19.7 Å². The number of hydrogen-bond acceptors (Lipinski definition) is 8. The maximum absolute atomic E-state index is 9.26. The Morgan fingerprint density at radius 1 is 1.19 bits per heavy atom. The van der Waals surface area contributed by atoms with Crippen LogP contribution in [-0.4, -0.2) is 53.6 Å². The van der Waals surface area contributed by atoms with Gasteiger partial charge in [0.15, 0.2) is 17.7 Å². The molecule has 0 amide bonds. The summed E-state index contributed by atoms with van der Waals surface area (Å²) in [6.45, 7) is 3.09. The Labute approximate surface area is 189 Å². The van der Waals surface area contributed by atoms with Crippen molar-refractivity contribution in [3.8, 4) is 0 Å². The van der Waals surface area contributed by atoms with Crippen LogP contribution in [0.1, 0.15) is 38.5 Å². The Morgan fingerprint density at radius 3 is 2.55 bits per heavy atom. The van der Waals surface area contributed by atoms with Gasteiger partial charge in [-0.25, -0.2) is 4.68 Å². The van der Waals surface area contributed by atoms with E-state index in [2.05, 4.69) is 20.4 Å². The fourth-order valence-electron chi connectivity index (χ4n) is 3.07. The summed E-state index contributed by atoms with van der Waals surface area (Å²) in [4.78, 5) is 8.59. The van der Waals surface area contributed by atoms with E-state index in [9.17, 15) is 5.11 Å². The number of hydrogen-bond donors (Lipinski definition) is 4. The quantitative estimate of drug-likeness (QED) is 0.331. The minimum Gasteiger partial charge on any atom is -0.394 e. The molecule has 9 nitrogen and oxygen atoms in total. The van der Waals surface area contributed by atoms with E-state index in [0.717, 1.165) is 23.8 Å². The molecule has 4 rings (SSSR count). The standard InChI is InChI=1S/C17H17Cl2N5O2.C3H8O2/c18-13-4-2-1-3-10(13)7-20-15-12-8-21-24(16(12)23-17(19)22-15)14-6-5-11(9-25)26-14;1-3(2,4)5/h1-4,8,11,14,25H,5-7,9H2,(H,20,22,23);4-5H,1-2H3. The van der Waals surface area contributed by atoms with Gasteiger partial charge in [0, 0.05) is 11.6 Å². The molecule has 11 heteroatoms. The molecule has 2 aromatic heterocycles. The van der Waals surface area contributed by atoms with Gasteiger partial charge < -0.3 is 25.4 Å². The SMILES string of the molecule is CC(C)(O)O.OCC1CCC(n2ncc3c(NCc4ccccc4Cl)nc(Cl)nc32)O1. The average molecular weight is 470 g/mol. The van der Waals surface area contributed by atoms with E-state index < -0.39 is 5.79 Å². The Kier molecular flexibility index (Phi) is 7.68. The number of benzene rings is 1. The second-order valence-electron chi connectivity index (χ2n) is 7.58. The third kappa shape index (κ3) is 6.49. The van der Waals surface area contributed by atoms with Gasteiger partial charge in [-0.05, 0) is 49.9 Å². The molecule has 2 atom stereocenters. The van der Waals surface area contributed by atoms with Gasteiger partial charge >= 0.3 is 0 Å². The zero-order valence-electron chi connectivity index (χ0n) is 17.2. The lowest BCUT2D eigenvalue weighted by Gasteiger charge is -2.13. The first kappa shape index (κ1) is 23.6. The second kappa shape index (κ2) is 10.1. The van der Waals surface area contributed by atoms with Crippen LogP contribution in [0.3, 0.4) is 0 Å². The van der Waals surface area contributed by atoms with Crippen LogP contribution in [0.15, 0.2) is 30.5 Å².